The van der Waals surface area contributed by atoms with E-state index in [9.17, 15) is 14.4 Å². The molecule has 202 valence electrons. The first-order valence-corrected chi connectivity index (χ1v) is 14.4. The molecule has 1 heterocycles. The van der Waals surface area contributed by atoms with Crippen LogP contribution < -0.4 is 11.1 Å². The summed E-state index contributed by atoms with van der Waals surface area (Å²) in [5, 5.41) is 5.18. The van der Waals surface area contributed by atoms with Crippen LogP contribution in [0.5, 0.6) is 0 Å². The van der Waals surface area contributed by atoms with Gasteiger partial charge in [0, 0.05) is 25.7 Å². The number of ether oxygens (including phenoxy) is 1. The van der Waals surface area contributed by atoms with E-state index in [0.717, 1.165) is 34.9 Å². The summed E-state index contributed by atoms with van der Waals surface area (Å²) in [5.74, 6) is 0.0247. The van der Waals surface area contributed by atoms with Crippen molar-refractivity contribution in [1.29, 1.82) is 0 Å². The molecule has 8 nitrogen and oxygen atoms in total. The maximum Gasteiger partial charge on any atom is 0.328 e. The molecular weight excluding hydrogens is 488 g/mol. The Morgan fingerprint density at radius 1 is 1.19 bits per heavy atom. The van der Waals surface area contributed by atoms with Crippen LogP contribution in [-0.2, 0) is 25.7 Å². The first-order chi connectivity index (χ1) is 17.8. The third-order valence-electron chi connectivity index (χ3n) is 6.56. The summed E-state index contributed by atoms with van der Waals surface area (Å²) in [4.78, 5) is 42.2. The van der Waals surface area contributed by atoms with Crippen LogP contribution in [0.2, 0.25) is 0 Å². The summed E-state index contributed by atoms with van der Waals surface area (Å²) in [6.07, 6.45) is 4.01. The lowest BCUT2D eigenvalue weighted by molar-refractivity contribution is -0.151. The zero-order valence-electron chi connectivity index (χ0n) is 22.2. The van der Waals surface area contributed by atoms with Gasteiger partial charge in [0.25, 0.3) is 0 Å². The zero-order valence-corrected chi connectivity index (χ0v) is 23.0. The molecular formula is C28H40N4O4S. The molecule has 1 aliphatic heterocycles. The van der Waals surface area contributed by atoms with Crippen molar-refractivity contribution in [1.82, 2.24) is 15.1 Å². The van der Waals surface area contributed by atoms with E-state index in [-0.39, 0.29) is 37.0 Å². The molecule has 0 saturated carbocycles. The highest BCUT2D eigenvalue weighted by Crippen LogP contribution is 2.23. The predicted octanol–water partition coefficient (Wildman–Crippen LogP) is 2.78. The van der Waals surface area contributed by atoms with Gasteiger partial charge in [0.15, 0.2) is 0 Å². The normalized spacial score (nSPS) is 16.4. The van der Waals surface area contributed by atoms with E-state index in [4.69, 9.17) is 10.5 Å². The summed E-state index contributed by atoms with van der Waals surface area (Å²) < 4.78 is 5.39. The molecule has 2 amide bonds. The largest absolute Gasteiger partial charge is 0.461 e. The Labute approximate surface area is 224 Å². The maximum absolute atomic E-state index is 13.2. The van der Waals surface area contributed by atoms with Gasteiger partial charge in [0.1, 0.15) is 6.04 Å². The first-order valence-electron chi connectivity index (χ1n) is 13.0. The molecule has 3 rings (SSSR count). The molecule has 2 aromatic carbocycles. The average molecular weight is 529 g/mol. The van der Waals surface area contributed by atoms with Crippen LogP contribution in [-0.4, -0.2) is 84.0 Å². The molecule has 9 heteroatoms. The van der Waals surface area contributed by atoms with Crippen molar-refractivity contribution in [2.45, 2.75) is 57.8 Å². The second kappa shape index (κ2) is 14.4. The number of hydrogen-bond donors (Lipinski definition) is 2. The van der Waals surface area contributed by atoms with Gasteiger partial charge in [0.2, 0.25) is 11.8 Å². The number of benzene rings is 2. The summed E-state index contributed by atoms with van der Waals surface area (Å²) >= 11 is 1.62. The number of carbonyl (C=O) groups is 3. The second-order valence-electron chi connectivity index (χ2n) is 9.78. The Kier molecular flexibility index (Phi) is 11.2. The molecule has 3 N–H and O–H groups in total. The van der Waals surface area contributed by atoms with E-state index < -0.39 is 12.0 Å². The van der Waals surface area contributed by atoms with Crippen LogP contribution in [0.3, 0.4) is 0 Å². The quantitative estimate of drug-likeness (QED) is 0.385. The topological polar surface area (TPSA) is 105 Å². The average Bonchev–Trinajstić information content (AvgIpc) is 3.33. The van der Waals surface area contributed by atoms with Crippen LogP contribution in [0.15, 0.2) is 42.5 Å². The number of hydrogen-bond acceptors (Lipinski definition) is 7. The number of nitrogens with two attached hydrogens (primary N) is 1. The van der Waals surface area contributed by atoms with E-state index in [1.165, 1.54) is 0 Å². The van der Waals surface area contributed by atoms with E-state index in [2.05, 4.69) is 34.5 Å². The smallest absolute Gasteiger partial charge is 0.328 e. The monoisotopic (exact) mass is 528 g/mol. The SMILES string of the molecule is CSCC[C@H](NC(=O)CN(Cc1cccc2ccccc12)C[C@@H]1CCCN1C(=O)CN)C(=O)OC(C)C. The lowest BCUT2D eigenvalue weighted by atomic mass is 10.0. The van der Waals surface area contributed by atoms with Crippen molar-refractivity contribution in [3.8, 4) is 0 Å². The molecule has 0 radical (unpaired) electrons. The Bertz CT molecular complexity index is 1060. The highest BCUT2D eigenvalue weighted by Gasteiger charge is 2.31. The van der Waals surface area contributed by atoms with Gasteiger partial charge in [-0.05, 0) is 61.5 Å². The fraction of sp³-hybridized carbons (Fsp3) is 0.536. The Hall–Kier alpha value is -2.62. The lowest BCUT2D eigenvalue weighted by Crippen LogP contribution is -2.50. The third kappa shape index (κ3) is 8.45. The zero-order chi connectivity index (χ0) is 26.8. The summed E-state index contributed by atoms with van der Waals surface area (Å²) in [5.41, 5.74) is 6.76. The molecule has 0 aromatic heterocycles. The number of likely N-dealkylation sites (tertiary alicyclic amines) is 1. The van der Waals surface area contributed by atoms with E-state index >= 15 is 0 Å². The Morgan fingerprint density at radius 3 is 2.68 bits per heavy atom. The molecule has 0 aliphatic carbocycles. The Morgan fingerprint density at radius 2 is 1.95 bits per heavy atom. The van der Waals surface area contributed by atoms with Crippen molar-refractivity contribution in [3.63, 3.8) is 0 Å². The lowest BCUT2D eigenvalue weighted by Gasteiger charge is -2.31. The molecule has 1 aliphatic rings. The van der Waals surface area contributed by atoms with Gasteiger partial charge < -0.3 is 20.7 Å². The Balaban J connectivity index is 1.79. The van der Waals surface area contributed by atoms with Crippen LogP contribution in [0.4, 0.5) is 0 Å². The summed E-state index contributed by atoms with van der Waals surface area (Å²) in [7, 11) is 0. The molecule has 2 aromatic rings. The van der Waals surface area contributed by atoms with Gasteiger partial charge in [-0.3, -0.25) is 14.5 Å². The van der Waals surface area contributed by atoms with Crippen molar-refractivity contribution in [2.75, 3.05) is 38.2 Å². The van der Waals surface area contributed by atoms with Gasteiger partial charge in [-0.15, -0.1) is 0 Å². The highest BCUT2D eigenvalue weighted by molar-refractivity contribution is 7.98. The predicted molar refractivity (Wildman–Crippen MR) is 149 cm³/mol. The van der Waals surface area contributed by atoms with Crippen LogP contribution in [0.25, 0.3) is 10.8 Å². The number of esters is 1. The number of nitrogens with one attached hydrogen (secondary N) is 1. The van der Waals surface area contributed by atoms with Crippen molar-refractivity contribution in [2.24, 2.45) is 5.73 Å². The summed E-state index contributed by atoms with van der Waals surface area (Å²) in [6.45, 7) is 5.47. The van der Waals surface area contributed by atoms with Crippen LogP contribution >= 0.6 is 11.8 Å². The van der Waals surface area contributed by atoms with Crippen molar-refractivity contribution < 1.29 is 19.1 Å². The molecule has 0 bridgehead atoms. The van der Waals surface area contributed by atoms with Crippen molar-refractivity contribution in [3.05, 3.63) is 48.0 Å². The minimum Gasteiger partial charge on any atom is -0.461 e. The molecule has 2 atom stereocenters. The molecule has 1 saturated heterocycles. The number of fused-ring (bicyclic) bond motifs is 1. The third-order valence-corrected chi connectivity index (χ3v) is 7.21. The minimum atomic E-state index is -0.691. The fourth-order valence-electron chi connectivity index (χ4n) is 4.87. The standard InChI is InChI=1S/C28H40N4O4S/c1-20(2)36-28(35)25(13-15-37-3)30-26(33)19-31(18-23-11-7-14-32(23)27(34)16-29)17-22-10-6-9-21-8-4-5-12-24(21)22/h4-6,8-10,12,20,23,25H,7,11,13-19,29H2,1-3H3,(H,30,33)/t23-,25-/m0/s1. The van der Waals surface area contributed by atoms with Gasteiger partial charge in [0.05, 0.1) is 19.2 Å². The molecule has 37 heavy (non-hydrogen) atoms. The number of amides is 2. The summed E-state index contributed by atoms with van der Waals surface area (Å²) in [6, 6.07) is 13.7. The van der Waals surface area contributed by atoms with E-state index in [0.29, 0.717) is 26.1 Å². The van der Waals surface area contributed by atoms with Gasteiger partial charge in [-0.2, -0.15) is 11.8 Å². The van der Waals surface area contributed by atoms with E-state index in [1.807, 2.05) is 29.4 Å². The van der Waals surface area contributed by atoms with E-state index in [1.54, 1.807) is 25.6 Å². The minimum absolute atomic E-state index is 0.00276. The molecule has 0 spiro atoms. The maximum atomic E-state index is 13.2. The van der Waals surface area contributed by atoms with Crippen molar-refractivity contribution >= 4 is 40.3 Å². The van der Waals surface area contributed by atoms with Gasteiger partial charge >= 0.3 is 5.97 Å². The van der Waals surface area contributed by atoms with Gasteiger partial charge in [-0.1, -0.05) is 42.5 Å². The fourth-order valence-corrected chi connectivity index (χ4v) is 5.34. The van der Waals surface area contributed by atoms with Gasteiger partial charge in [-0.25, -0.2) is 4.79 Å². The molecule has 1 fully saturated rings. The number of rotatable bonds is 13. The van der Waals surface area contributed by atoms with Crippen LogP contribution in [0, 0.1) is 0 Å². The molecule has 0 unspecified atom stereocenters. The second-order valence-corrected chi connectivity index (χ2v) is 10.8. The highest BCUT2D eigenvalue weighted by atomic mass is 32.2. The van der Waals surface area contributed by atoms with Crippen LogP contribution in [0.1, 0.15) is 38.7 Å². The first kappa shape index (κ1) is 28.9. The number of thioether (sulfide) groups is 1. The number of nitrogens with zero attached hydrogens (tertiary/aromatic N) is 2. The number of carbonyl (C=O) groups excluding carboxylic acids is 3.